The molecule has 0 aliphatic carbocycles. The second kappa shape index (κ2) is 16.5. The van der Waals surface area contributed by atoms with E-state index < -0.39 is 22.8 Å². The van der Waals surface area contributed by atoms with Crippen LogP contribution in [0.2, 0.25) is 10.0 Å². The molecule has 6 rings (SSSR count). The highest BCUT2D eigenvalue weighted by atomic mass is 35.5. The number of carbonyl (C=O) groups excluding carboxylic acids is 3. The summed E-state index contributed by atoms with van der Waals surface area (Å²) in [5.41, 5.74) is 9.24. The number of thiocarbonyl (C=S) groups is 2. The maximum atomic E-state index is 13.4. The zero-order valence-corrected chi connectivity index (χ0v) is 37.0. The molecule has 0 aromatic heterocycles. The Morgan fingerprint density at radius 3 is 1.51 bits per heavy atom. The SMILES string of the molecule is Cc1cc(N2C(=O)C(C)(C)N(c3ccc(Cl)c(N)c3)C2=S)ccc1C#N.Cc1cc(N2C(=O)C(C)(C)N(c3ccc(Cl)c(NC(=O)OC(C)(C)C)c3)C2=S)ccc1C#N. The van der Waals surface area contributed by atoms with Crippen molar-refractivity contribution < 1.29 is 19.1 Å². The molecule has 3 amide bonds. The van der Waals surface area contributed by atoms with Gasteiger partial charge >= 0.3 is 6.09 Å². The first-order valence-corrected chi connectivity index (χ1v) is 19.8. The monoisotopic (exact) mass is 868 g/mol. The Morgan fingerprint density at radius 2 is 1.12 bits per heavy atom. The van der Waals surface area contributed by atoms with Gasteiger partial charge in [0.05, 0.1) is 56.1 Å². The standard InChI is InChI=1S/C24H25ClN4O3S.C19H17ClN4OS/c1-14-11-16(8-7-15(14)13-26)28-20(30)24(5,6)29(22(28)33)17-9-10-18(25)19(12-17)27-21(31)32-23(2,3)4;1-11-8-13(5-4-12(11)10-21)23-17(25)19(2,3)24(18(23)26)14-6-7-15(20)16(22)9-14/h7-12H,1-6H3,(H,27,31);4-9H,22H2,1-3H3. The lowest BCUT2D eigenvalue weighted by Gasteiger charge is -2.30. The van der Waals surface area contributed by atoms with Crippen molar-refractivity contribution in [1.82, 2.24) is 0 Å². The highest BCUT2D eigenvalue weighted by molar-refractivity contribution is 7.81. The molecular formula is C43H42Cl2N8O4S2. The van der Waals surface area contributed by atoms with Crippen LogP contribution in [0.25, 0.3) is 0 Å². The van der Waals surface area contributed by atoms with E-state index in [4.69, 9.17) is 63.4 Å². The fraction of sp³-hybridized carbons (Fsp3) is 0.279. The van der Waals surface area contributed by atoms with Crippen LogP contribution in [0, 0.1) is 36.5 Å². The summed E-state index contributed by atoms with van der Waals surface area (Å²) in [7, 11) is 0. The Hall–Kier alpha value is -5.77. The minimum atomic E-state index is -1.00. The number of amides is 3. The minimum Gasteiger partial charge on any atom is -0.444 e. The summed E-state index contributed by atoms with van der Waals surface area (Å²) in [5.74, 6) is -0.367. The van der Waals surface area contributed by atoms with Gasteiger partial charge in [-0.3, -0.25) is 24.7 Å². The third kappa shape index (κ3) is 8.68. The van der Waals surface area contributed by atoms with Crippen LogP contribution in [0.4, 0.5) is 38.9 Å². The van der Waals surface area contributed by atoms with Gasteiger partial charge in [0.2, 0.25) is 0 Å². The van der Waals surface area contributed by atoms with Gasteiger partial charge in [-0.25, -0.2) is 4.79 Å². The molecular weight excluding hydrogens is 828 g/mol. The van der Waals surface area contributed by atoms with E-state index in [-0.39, 0.29) is 16.9 Å². The average Bonchev–Trinajstić information content (AvgIpc) is 3.43. The van der Waals surface area contributed by atoms with E-state index in [0.717, 1.165) is 11.1 Å². The minimum absolute atomic E-state index is 0.153. The Bertz CT molecular complexity index is 2520. The number of nitrogens with one attached hydrogen (secondary N) is 1. The van der Waals surface area contributed by atoms with Crippen molar-refractivity contribution in [1.29, 1.82) is 10.5 Å². The van der Waals surface area contributed by atoms with E-state index in [2.05, 4.69) is 17.5 Å². The molecule has 0 spiro atoms. The van der Waals surface area contributed by atoms with Gasteiger partial charge in [0.15, 0.2) is 10.2 Å². The van der Waals surface area contributed by atoms with Crippen molar-refractivity contribution in [3.05, 3.63) is 105 Å². The third-order valence-electron chi connectivity index (χ3n) is 9.59. The third-order valence-corrected chi connectivity index (χ3v) is 11.0. The predicted octanol–water partition coefficient (Wildman–Crippen LogP) is 9.80. The molecule has 3 N–H and O–H groups in total. The second-order valence-corrected chi connectivity index (χ2v) is 17.4. The number of ether oxygens (including phenoxy) is 1. The molecule has 12 nitrogen and oxygen atoms in total. The van der Waals surface area contributed by atoms with E-state index in [1.165, 1.54) is 9.80 Å². The lowest BCUT2D eigenvalue weighted by molar-refractivity contribution is -0.121. The predicted molar refractivity (Wildman–Crippen MR) is 242 cm³/mol. The van der Waals surface area contributed by atoms with Crippen LogP contribution < -0.4 is 30.7 Å². The van der Waals surface area contributed by atoms with Crippen LogP contribution in [-0.2, 0) is 14.3 Å². The van der Waals surface area contributed by atoms with Gasteiger partial charge in [0, 0.05) is 11.4 Å². The number of halogens is 2. The molecule has 0 bridgehead atoms. The largest absolute Gasteiger partial charge is 0.444 e. The maximum absolute atomic E-state index is 13.4. The zero-order chi connectivity index (χ0) is 43.9. The molecule has 2 aliphatic rings. The molecule has 0 saturated carbocycles. The summed E-state index contributed by atoms with van der Waals surface area (Å²) < 4.78 is 5.31. The lowest BCUT2D eigenvalue weighted by Crippen LogP contribution is -2.44. The number of nitrogens with zero attached hydrogens (tertiary/aromatic N) is 6. The summed E-state index contributed by atoms with van der Waals surface area (Å²) >= 11 is 23.7. The number of hydrogen-bond acceptors (Lipinski definition) is 9. The average molecular weight is 870 g/mol. The zero-order valence-electron chi connectivity index (χ0n) is 33.9. The molecule has 2 saturated heterocycles. The summed E-state index contributed by atoms with van der Waals surface area (Å²) in [6.07, 6.45) is -0.643. The van der Waals surface area contributed by atoms with Gasteiger partial charge in [-0.1, -0.05) is 23.2 Å². The molecule has 2 aliphatic heterocycles. The van der Waals surface area contributed by atoms with E-state index in [9.17, 15) is 19.6 Å². The molecule has 0 atom stereocenters. The molecule has 16 heteroatoms. The summed E-state index contributed by atoms with van der Waals surface area (Å²) in [5, 5.41) is 22.4. The van der Waals surface area contributed by atoms with Gasteiger partial charge in [0.25, 0.3) is 11.8 Å². The molecule has 0 unspecified atom stereocenters. The Morgan fingerprint density at radius 1 is 0.712 bits per heavy atom. The Balaban J connectivity index is 0.000000230. The lowest BCUT2D eigenvalue weighted by atomic mass is 10.0. The first-order chi connectivity index (χ1) is 27.4. The summed E-state index contributed by atoms with van der Waals surface area (Å²) in [4.78, 5) is 45.2. The van der Waals surface area contributed by atoms with Crippen LogP contribution >= 0.6 is 47.6 Å². The van der Waals surface area contributed by atoms with Crippen molar-refractivity contribution in [2.45, 2.75) is 79.0 Å². The van der Waals surface area contributed by atoms with Crippen LogP contribution in [0.15, 0.2) is 72.8 Å². The van der Waals surface area contributed by atoms with E-state index >= 15 is 0 Å². The van der Waals surface area contributed by atoms with Crippen LogP contribution in [0.5, 0.6) is 0 Å². The van der Waals surface area contributed by atoms with Crippen molar-refractivity contribution in [2.24, 2.45) is 0 Å². The topological polar surface area (TPSA) is 159 Å². The van der Waals surface area contributed by atoms with E-state index in [1.54, 1.807) is 117 Å². The first-order valence-electron chi connectivity index (χ1n) is 18.2. The molecule has 2 heterocycles. The van der Waals surface area contributed by atoms with E-state index in [1.807, 2.05) is 27.7 Å². The fourth-order valence-corrected chi connectivity index (χ4v) is 7.90. The van der Waals surface area contributed by atoms with Crippen molar-refractivity contribution in [3.63, 3.8) is 0 Å². The van der Waals surface area contributed by atoms with Gasteiger partial charge in [0.1, 0.15) is 16.7 Å². The number of nitriles is 2. The first kappa shape index (κ1) is 44.3. The summed E-state index contributed by atoms with van der Waals surface area (Å²) in [6, 6.07) is 24.8. The maximum Gasteiger partial charge on any atom is 0.412 e. The second-order valence-electron chi connectivity index (χ2n) is 15.9. The molecule has 0 radical (unpaired) electrons. The van der Waals surface area contributed by atoms with Crippen LogP contribution in [0.1, 0.15) is 70.7 Å². The quantitative estimate of drug-likeness (QED) is 0.145. The highest BCUT2D eigenvalue weighted by Crippen LogP contribution is 2.40. The smallest absolute Gasteiger partial charge is 0.412 e. The number of benzene rings is 4. The van der Waals surface area contributed by atoms with Crippen LogP contribution in [0.3, 0.4) is 0 Å². The fourth-order valence-electron chi connectivity index (χ4n) is 6.57. The van der Waals surface area contributed by atoms with Gasteiger partial charge in [-0.15, -0.1) is 0 Å². The molecule has 4 aromatic carbocycles. The van der Waals surface area contributed by atoms with Crippen molar-refractivity contribution in [3.8, 4) is 12.1 Å². The summed E-state index contributed by atoms with van der Waals surface area (Å²) in [6.45, 7) is 16.1. The van der Waals surface area contributed by atoms with Gasteiger partial charge in [-0.05, 0) is 171 Å². The molecule has 304 valence electrons. The molecule has 4 aromatic rings. The Kier molecular flexibility index (Phi) is 12.4. The number of hydrogen-bond donors (Lipinski definition) is 2. The number of nitrogen functional groups attached to an aromatic ring is 1. The number of carbonyl (C=O) groups is 3. The van der Waals surface area contributed by atoms with E-state index in [0.29, 0.717) is 60.4 Å². The molecule has 59 heavy (non-hydrogen) atoms. The normalized spacial score (nSPS) is 15.7. The number of nitrogens with two attached hydrogens (primary N) is 1. The van der Waals surface area contributed by atoms with Gasteiger partial charge < -0.3 is 20.3 Å². The van der Waals surface area contributed by atoms with Crippen molar-refractivity contribution >= 4 is 110 Å². The number of aryl methyl sites for hydroxylation is 2. The number of rotatable bonds is 5. The van der Waals surface area contributed by atoms with Crippen LogP contribution in [-0.4, -0.2) is 44.8 Å². The van der Waals surface area contributed by atoms with Gasteiger partial charge in [-0.2, -0.15) is 10.5 Å². The molecule has 2 fully saturated rings. The highest BCUT2D eigenvalue weighted by Gasteiger charge is 2.51. The number of anilines is 6. The van der Waals surface area contributed by atoms with Crippen molar-refractivity contribution in [2.75, 3.05) is 30.7 Å². The Labute approximate surface area is 364 Å².